The Morgan fingerprint density at radius 1 is 1.50 bits per heavy atom. The fourth-order valence-corrected chi connectivity index (χ4v) is 0.687. The summed E-state index contributed by atoms with van der Waals surface area (Å²) in [4.78, 5) is 10.1. The summed E-state index contributed by atoms with van der Waals surface area (Å²) in [7, 11) is 0. The highest BCUT2D eigenvalue weighted by molar-refractivity contribution is 7.96. The molecule has 0 unspecified atom stereocenters. The lowest BCUT2D eigenvalue weighted by Crippen LogP contribution is -2.35. The third-order valence-electron chi connectivity index (χ3n) is 0.509. The first kappa shape index (κ1) is 9.58. The smallest absolute Gasteiger partial charge is 0.323 e. The van der Waals surface area contributed by atoms with Crippen LogP contribution < -0.4 is 15.2 Å². The van der Waals surface area contributed by atoms with Crippen molar-refractivity contribution in [3.63, 3.8) is 0 Å². The minimum atomic E-state index is -0.540. The number of nitrogens with one attached hydrogen (secondary N) is 2. The van der Waals surface area contributed by atoms with Crippen molar-refractivity contribution in [3.8, 4) is 0 Å². The monoisotopic (exact) mass is 163 g/mol. The zero-order chi connectivity index (χ0) is 8.20. The van der Waals surface area contributed by atoms with E-state index in [1.807, 2.05) is 20.8 Å². The third kappa shape index (κ3) is 7.58. The summed E-state index contributed by atoms with van der Waals surface area (Å²) in [5, 5.41) is 0. The molecular weight excluding hydrogens is 150 g/mol. The van der Waals surface area contributed by atoms with E-state index in [9.17, 15) is 4.79 Å². The largest absolute Gasteiger partial charge is 0.351 e. The van der Waals surface area contributed by atoms with E-state index in [-0.39, 0.29) is 5.54 Å². The normalized spacial score (nSPS) is 11.1. The van der Waals surface area contributed by atoms with Gasteiger partial charge < -0.3 is 5.73 Å². The summed E-state index contributed by atoms with van der Waals surface area (Å²) in [6.45, 7) is 5.97. The molecular formula is C5H13N3OS. The summed E-state index contributed by atoms with van der Waals surface area (Å²) < 4.78 is 5.30. The predicted molar refractivity (Wildman–Crippen MR) is 43.2 cm³/mol. The van der Waals surface area contributed by atoms with E-state index in [0.29, 0.717) is 0 Å². The van der Waals surface area contributed by atoms with Gasteiger partial charge in [0.15, 0.2) is 0 Å². The number of hydrogen-bond donors (Lipinski definition) is 3. The van der Waals surface area contributed by atoms with Gasteiger partial charge in [0.1, 0.15) is 0 Å². The maximum absolute atomic E-state index is 10.1. The standard InChI is InChI=1S/C5H13N3OS/c1-5(2,3)8-10-7-4(6)9/h8H,1-3H3,(H3,6,7,9). The van der Waals surface area contributed by atoms with Crippen LogP contribution in [0, 0.1) is 0 Å². The quantitative estimate of drug-likeness (QED) is 0.522. The average molecular weight is 163 g/mol. The van der Waals surface area contributed by atoms with Crippen molar-refractivity contribution >= 4 is 18.2 Å². The van der Waals surface area contributed by atoms with Crippen LogP contribution in [0.5, 0.6) is 0 Å². The Labute approximate surface area is 65.2 Å². The van der Waals surface area contributed by atoms with Gasteiger partial charge in [0, 0.05) is 17.7 Å². The van der Waals surface area contributed by atoms with E-state index >= 15 is 0 Å². The first-order valence-electron chi connectivity index (χ1n) is 2.90. The molecule has 0 spiro atoms. The van der Waals surface area contributed by atoms with Gasteiger partial charge in [-0.15, -0.1) is 0 Å². The van der Waals surface area contributed by atoms with Crippen molar-refractivity contribution in [1.29, 1.82) is 0 Å². The van der Waals surface area contributed by atoms with Crippen LogP contribution in [0.15, 0.2) is 0 Å². The van der Waals surface area contributed by atoms with Crippen molar-refractivity contribution in [2.45, 2.75) is 26.3 Å². The lowest BCUT2D eigenvalue weighted by Gasteiger charge is -2.18. The fraction of sp³-hybridized carbons (Fsp3) is 0.800. The van der Waals surface area contributed by atoms with Crippen LogP contribution in [0.3, 0.4) is 0 Å². The van der Waals surface area contributed by atoms with Crippen molar-refractivity contribution in [2.75, 3.05) is 0 Å². The van der Waals surface area contributed by atoms with E-state index in [0.717, 1.165) is 12.1 Å². The van der Waals surface area contributed by atoms with Gasteiger partial charge in [0.05, 0.1) is 0 Å². The summed E-state index contributed by atoms with van der Waals surface area (Å²) >= 11 is 1.09. The summed E-state index contributed by atoms with van der Waals surface area (Å²) in [6.07, 6.45) is 0. The molecule has 0 fully saturated rings. The highest BCUT2D eigenvalue weighted by Crippen LogP contribution is 2.02. The zero-order valence-electron chi connectivity index (χ0n) is 6.39. The molecule has 0 aromatic carbocycles. The number of carbonyl (C=O) groups excluding carboxylic acids is 1. The third-order valence-corrected chi connectivity index (χ3v) is 1.53. The van der Waals surface area contributed by atoms with E-state index < -0.39 is 6.03 Å². The number of rotatable bonds is 2. The Bertz CT molecular complexity index is 121. The lowest BCUT2D eigenvalue weighted by molar-refractivity contribution is 0.254. The molecule has 0 aliphatic heterocycles. The second-order valence-corrected chi connectivity index (χ2v) is 3.53. The molecule has 4 N–H and O–H groups in total. The predicted octanol–water partition coefficient (Wildman–Crippen LogP) is 0.606. The van der Waals surface area contributed by atoms with E-state index in [1.165, 1.54) is 0 Å². The van der Waals surface area contributed by atoms with Crippen molar-refractivity contribution < 1.29 is 4.79 Å². The van der Waals surface area contributed by atoms with Crippen LogP contribution >= 0.6 is 12.1 Å². The molecule has 0 saturated heterocycles. The minimum Gasteiger partial charge on any atom is -0.351 e. The van der Waals surface area contributed by atoms with Gasteiger partial charge in [-0.25, -0.2) is 9.52 Å². The van der Waals surface area contributed by atoms with Gasteiger partial charge in [0.25, 0.3) is 0 Å². The van der Waals surface area contributed by atoms with Crippen LogP contribution in [0.4, 0.5) is 4.79 Å². The maximum atomic E-state index is 10.1. The Morgan fingerprint density at radius 3 is 2.30 bits per heavy atom. The van der Waals surface area contributed by atoms with Gasteiger partial charge in [-0.1, -0.05) is 0 Å². The number of primary amides is 1. The molecule has 4 nitrogen and oxygen atoms in total. The van der Waals surface area contributed by atoms with Crippen LogP contribution in [0.2, 0.25) is 0 Å². The van der Waals surface area contributed by atoms with E-state index in [4.69, 9.17) is 5.73 Å². The average Bonchev–Trinajstić information content (AvgIpc) is 1.59. The van der Waals surface area contributed by atoms with E-state index in [2.05, 4.69) is 9.44 Å². The Hall–Kier alpha value is -0.420. The molecule has 0 heterocycles. The Morgan fingerprint density at radius 2 is 2.00 bits per heavy atom. The number of hydrogen-bond acceptors (Lipinski definition) is 3. The molecule has 5 heteroatoms. The molecule has 0 saturated carbocycles. The van der Waals surface area contributed by atoms with Crippen LogP contribution in [0.1, 0.15) is 20.8 Å². The lowest BCUT2D eigenvalue weighted by atomic mass is 10.1. The molecule has 0 aromatic heterocycles. The van der Waals surface area contributed by atoms with Crippen LogP contribution in [-0.4, -0.2) is 11.6 Å². The molecule has 0 bridgehead atoms. The SMILES string of the molecule is CC(C)(C)NSNC(N)=O. The highest BCUT2D eigenvalue weighted by Gasteiger charge is 2.08. The van der Waals surface area contributed by atoms with Crippen LogP contribution in [0.25, 0.3) is 0 Å². The summed E-state index contributed by atoms with van der Waals surface area (Å²) in [5.41, 5.74) is 4.79. The minimum absolute atomic E-state index is 0.0207. The first-order chi connectivity index (χ1) is 4.42. The molecule has 0 aliphatic carbocycles. The highest BCUT2D eigenvalue weighted by atomic mass is 32.2. The second kappa shape index (κ2) is 3.68. The number of urea groups is 1. The number of nitrogens with two attached hydrogens (primary N) is 1. The number of carbonyl (C=O) groups is 1. The molecule has 0 aliphatic rings. The van der Waals surface area contributed by atoms with Crippen LogP contribution in [-0.2, 0) is 0 Å². The van der Waals surface area contributed by atoms with E-state index in [1.54, 1.807) is 0 Å². The fourth-order valence-electron chi connectivity index (χ4n) is 0.229. The second-order valence-electron chi connectivity index (χ2n) is 2.92. The zero-order valence-corrected chi connectivity index (χ0v) is 7.21. The van der Waals surface area contributed by atoms with Crippen molar-refractivity contribution in [1.82, 2.24) is 9.44 Å². The number of amides is 2. The molecule has 10 heavy (non-hydrogen) atoms. The Kier molecular flexibility index (Phi) is 3.52. The van der Waals surface area contributed by atoms with Gasteiger partial charge in [-0.05, 0) is 20.8 Å². The van der Waals surface area contributed by atoms with Gasteiger partial charge in [-0.2, -0.15) is 0 Å². The van der Waals surface area contributed by atoms with Gasteiger partial charge in [-0.3, -0.25) is 4.72 Å². The maximum Gasteiger partial charge on any atom is 0.323 e. The molecule has 0 radical (unpaired) electrons. The molecule has 60 valence electrons. The molecule has 0 atom stereocenters. The first-order valence-corrected chi connectivity index (χ1v) is 3.72. The van der Waals surface area contributed by atoms with Crippen molar-refractivity contribution in [3.05, 3.63) is 0 Å². The summed E-state index contributed by atoms with van der Waals surface area (Å²) in [5.74, 6) is 0. The molecule has 0 aromatic rings. The van der Waals surface area contributed by atoms with Gasteiger partial charge in [0.2, 0.25) is 0 Å². The van der Waals surface area contributed by atoms with Crippen molar-refractivity contribution in [2.24, 2.45) is 5.73 Å². The Balaban J connectivity index is 3.29. The van der Waals surface area contributed by atoms with Gasteiger partial charge >= 0.3 is 6.03 Å². The summed E-state index contributed by atoms with van der Waals surface area (Å²) in [6, 6.07) is -0.540. The topological polar surface area (TPSA) is 67.2 Å². The molecule has 0 rings (SSSR count). The molecule has 2 amide bonds.